The van der Waals surface area contributed by atoms with Crippen molar-refractivity contribution in [3.8, 4) is 0 Å². The molecule has 150 valence electrons. The third-order valence-corrected chi connectivity index (χ3v) is 8.82. The summed E-state index contributed by atoms with van der Waals surface area (Å²) in [5.74, 6) is -0.325. The van der Waals surface area contributed by atoms with E-state index in [4.69, 9.17) is 4.74 Å². The van der Waals surface area contributed by atoms with Gasteiger partial charge in [0.15, 0.2) is 5.78 Å². The summed E-state index contributed by atoms with van der Waals surface area (Å²) < 4.78 is 5.75. The van der Waals surface area contributed by atoms with E-state index < -0.39 is 17.1 Å². The number of aliphatic hydroxyl groups excluding tert-OH is 1. The Morgan fingerprint density at radius 1 is 1.22 bits per heavy atom. The summed E-state index contributed by atoms with van der Waals surface area (Å²) in [5, 5.41) is 21.8. The lowest BCUT2D eigenvalue weighted by molar-refractivity contribution is -0.226. The van der Waals surface area contributed by atoms with Crippen LogP contribution in [0.5, 0.6) is 0 Å². The molecule has 4 saturated carbocycles. The van der Waals surface area contributed by atoms with Crippen molar-refractivity contribution in [2.24, 2.45) is 28.1 Å². The molecule has 0 amide bonds. The molecule has 7 unspecified atom stereocenters. The number of Topliss-reactive ketones (excluding diaryl/α,β-unsaturated/α-hetero) is 1. The fraction of sp³-hybridized carbons (Fsp3) is 0.818. The number of esters is 1. The van der Waals surface area contributed by atoms with E-state index in [1.807, 2.05) is 0 Å². The number of ketones is 1. The number of carbonyl (C=O) groups is 2. The summed E-state index contributed by atoms with van der Waals surface area (Å²) >= 11 is 0. The van der Waals surface area contributed by atoms with E-state index in [-0.39, 0.29) is 46.9 Å². The summed E-state index contributed by atoms with van der Waals surface area (Å²) in [5.41, 5.74) is -2.17. The normalized spacial score (nSPS) is 50.7. The fourth-order valence-electron chi connectivity index (χ4n) is 7.76. The van der Waals surface area contributed by atoms with Gasteiger partial charge in [0, 0.05) is 30.3 Å². The molecule has 5 heteroatoms. The molecule has 0 aliphatic heterocycles. The van der Waals surface area contributed by atoms with Crippen molar-refractivity contribution in [1.29, 1.82) is 0 Å². The molecule has 2 N–H and O–H groups in total. The monoisotopic (exact) mass is 376 g/mol. The van der Waals surface area contributed by atoms with Crippen LogP contribution < -0.4 is 0 Å². The second-order valence-corrected chi connectivity index (χ2v) is 10.5. The van der Waals surface area contributed by atoms with E-state index in [9.17, 15) is 19.8 Å². The van der Waals surface area contributed by atoms with Crippen LogP contribution in [0, 0.1) is 28.1 Å². The molecule has 4 aliphatic carbocycles. The van der Waals surface area contributed by atoms with Gasteiger partial charge in [0.25, 0.3) is 0 Å². The number of fused-ring (bicyclic) bond motifs is 3. The number of ether oxygens (including phenoxy) is 1. The zero-order chi connectivity index (χ0) is 20.0. The predicted molar refractivity (Wildman–Crippen MR) is 99.7 cm³/mol. The van der Waals surface area contributed by atoms with Crippen molar-refractivity contribution in [1.82, 2.24) is 0 Å². The molecule has 0 aromatic heterocycles. The maximum Gasteiger partial charge on any atom is 0.302 e. The molecule has 5 nitrogen and oxygen atoms in total. The number of hydrogen-bond acceptors (Lipinski definition) is 5. The lowest BCUT2D eigenvalue weighted by Gasteiger charge is -2.65. The molecule has 4 rings (SSSR count). The van der Waals surface area contributed by atoms with E-state index in [1.54, 1.807) is 0 Å². The van der Waals surface area contributed by atoms with Crippen LogP contribution in [0.15, 0.2) is 12.2 Å². The molecule has 1 spiro atoms. The van der Waals surface area contributed by atoms with Crippen molar-refractivity contribution >= 4 is 11.8 Å². The van der Waals surface area contributed by atoms with Crippen LogP contribution in [-0.4, -0.2) is 39.8 Å². The van der Waals surface area contributed by atoms with E-state index in [1.165, 1.54) is 6.92 Å². The molecule has 7 atom stereocenters. The van der Waals surface area contributed by atoms with Gasteiger partial charge in [-0.05, 0) is 48.9 Å². The number of rotatable bonds is 1. The van der Waals surface area contributed by atoms with Gasteiger partial charge in [-0.15, -0.1) is 0 Å². The molecule has 0 aromatic carbocycles. The second kappa shape index (κ2) is 5.44. The quantitative estimate of drug-likeness (QED) is 0.543. The average Bonchev–Trinajstić information content (AvgIpc) is 2.68. The lowest BCUT2D eigenvalue weighted by atomic mass is 9.40. The Hall–Kier alpha value is -1.20. The summed E-state index contributed by atoms with van der Waals surface area (Å²) in [6.07, 6.45) is 2.74. The Bertz CT molecular complexity index is 726. The van der Waals surface area contributed by atoms with Gasteiger partial charge in [-0.1, -0.05) is 27.4 Å². The van der Waals surface area contributed by atoms with Gasteiger partial charge in [0.05, 0.1) is 11.7 Å². The first kappa shape index (κ1) is 19.1. The van der Waals surface area contributed by atoms with Crippen molar-refractivity contribution in [2.45, 2.75) is 84.0 Å². The van der Waals surface area contributed by atoms with Crippen LogP contribution in [0.4, 0.5) is 0 Å². The lowest BCUT2D eigenvalue weighted by Crippen LogP contribution is -2.65. The number of aliphatic hydroxyl groups is 2. The minimum atomic E-state index is -1.26. The van der Waals surface area contributed by atoms with E-state index in [0.29, 0.717) is 24.8 Å². The highest BCUT2D eigenvalue weighted by Crippen LogP contribution is 2.72. The molecule has 0 heterocycles. The van der Waals surface area contributed by atoms with Gasteiger partial charge in [-0.25, -0.2) is 0 Å². The minimum absolute atomic E-state index is 0.0340. The molecule has 0 aromatic rings. The fourth-order valence-corrected chi connectivity index (χ4v) is 7.76. The van der Waals surface area contributed by atoms with E-state index in [0.717, 1.165) is 12.8 Å². The zero-order valence-electron chi connectivity index (χ0n) is 16.9. The van der Waals surface area contributed by atoms with E-state index >= 15 is 0 Å². The highest BCUT2D eigenvalue weighted by atomic mass is 16.5. The molecular formula is C22H32O5. The Labute approximate surface area is 161 Å². The van der Waals surface area contributed by atoms with Crippen LogP contribution in [0.25, 0.3) is 0 Å². The molecule has 2 bridgehead atoms. The minimum Gasteiger partial charge on any atom is -0.462 e. The third-order valence-electron chi connectivity index (χ3n) is 8.82. The molecule has 27 heavy (non-hydrogen) atoms. The standard InChI is InChI=1S/C22H32O5/c1-12-18(25)21-9-6-15-19(3,4)16(24)7-8-20(15,5)17(21)14(27-13(2)23)10-22(12,26)11-21/h14-17,24,26H,1,6-11H2,2-5H3. The zero-order valence-corrected chi connectivity index (χ0v) is 16.9. The van der Waals surface area contributed by atoms with Crippen LogP contribution in [0.2, 0.25) is 0 Å². The highest BCUT2D eigenvalue weighted by Gasteiger charge is 2.73. The smallest absolute Gasteiger partial charge is 0.302 e. The van der Waals surface area contributed by atoms with Crippen molar-refractivity contribution in [3.63, 3.8) is 0 Å². The van der Waals surface area contributed by atoms with Crippen LogP contribution in [0.1, 0.15) is 66.2 Å². The summed E-state index contributed by atoms with van der Waals surface area (Å²) in [6.45, 7) is 11.8. The van der Waals surface area contributed by atoms with Gasteiger partial charge in [-0.2, -0.15) is 0 Å². The first-order chi connectivity index (χ1) is 12.4. The summed E-state index contributed by atoms with van der Waals surface area (Å²) in [4.78, 5) is 25.3. The Morgan fingerprint density at radius 3 is 2.52 bits per heavy atom. The first-order valence-corrected chi connectivity index (χ1v) is 10.2. The Kier molecular flexibility index (Phi) is 3.86. The van der Waals surface area contributed by atoms with Gasteiger partial charge in [-0.3, -0.25) is 9.59 Å². The molecule has 4 fully saturated rings. The van der Waals surface area contributed by atoms with Gasteiger partial charge >= 0.3 is 5.97 Å². The molecule has 4 aliphatic rings. The number of carbonyl (C=O) groups excluding carboxylic acids is 2. The summed E-state index contributed by atoms with van der Waals surface area (Å²) in [7, 11) is 0. The van der Waals surface area contributed by atoms with Crippen molar-refractivity contribution in [2.75, 3.05) is 0 Å². The van der Waals surface area contributed by atoms with Crippen LogP contribution in [-0.2, 0) is 14.3 Å². The van der Waals surface area contributed by atoms with Crippen molar-refractivity contribution in [3.05, 3.63) is 12.2 Å². The molecule has 0 saturated heterocycles. The maximum absolute atomic E-state index is 13.4. The second-order valence-electron chi connectivity index (χ2n) is 10.5. The molecular weight excluding hydrogens is 344 g/mol. The largest absolute Gasteiger partial charge is 0.462 e. The van der Waals surface area contributed by atoms with Gasteiger partial charge in [0.1, 0.15) is 6.10 Å². The van der Waals surface area contributed by atoms with Crippen LogP contribution >= 0.6 is 0 Å². The van der Waals surface area contributed by atoms with E-state index in [2.05, 4.69) is 27.4 Å². The van der Waals surface area contributed by atoms with Crippen molar-refractivity contribution < 1.29 is 24.5 Å². The first-order valence-electron chi connectivity index (χ1n) is 10.2. The third kappa shape index (κ3) is 2.24. The van der Waals surface area contributed by atoms with Gasteiger partial charge in [0.2, 0.25) is 0 Å². The summed E-state index contributed by atoms with van der Waals surface area (Å²) in [6, 6.07) is 0. The van der Waals surface area contributed by atoms with Crippen LogP contribution in [0.3, 0.4) is 0 Å². The van der Waals surface area contributed by atoms with Gasteiger partial charge < -0.3 is 14.9 Å². The predicted octanol–water partition coefficient (Wildman–Crippen LogP) is 2.78. The SMILES string of the molecule is C=C1C(=O)C23CCC4C(C)(C)C(O)CCC4(C)C2C(OC(C)=O)CC1(O)C3. The topological polar surface area (TPSA) is 83.8 Å². The highest BCUT2D eigenvalue weighted by molar-refractivity contribution is 6.05. The molecule has 0 radical (unpaired) electrons. The average molecular weight is 376 g/mol. The Morgan fingerprint density at radius 2 is 1.89 bits per heavy atom. The number of hydrogen-bond donors (Lipinski definition) is 2. The Balaban J connectivity index is 1.86. The maximum atomic E-state index is 13.4.